The van der Waals surface area contributed by atoms with Crippen molar-refractivity contribution >= 4 is 23.7 Å². The van der Waals surface area contributed by atoms with Gasteiger partial charge in [0, 0.05) is 25.8 Å². The molecule has 1 aliphatic heterocycles. The van der Waals surface area contributed by atoms with Gasteiger partial charge in [0.05, 0.1) is 0 Å². The number of fused-ring (bicyclic) bond motifs is 1. The Kier molecular flexibility index (Phi) is 10.7. The Hall–Kier alpha value is -3.72. The molecule has 1 heterocycles. The van der Waals surface area contributed by atoms with Crippen LogP contribution < -0.4 is 10.8 Å². The van der Waals surface area contributed by atoms with Crippen LogP contribution in [0.1, 0.15) is 86.9 Å². The second kappa shape index (κ2) is 14.6. The molecule has 1 saturated carbocycles. The molecule has 2 aromatic carbocycles. The number of benzene rings is 2. The molecule has 0 spiro atoms. The number of hydrogen-bond donors (Lipinski definition) is 3. The molecule has 3 N–H and O–H groups in total. The van der Waals surface area contributed by atoms with Crippen molar-refractivity contribution in [2.45, 2.75) is 95.4 Å². The van der Waals surface area contributed by atoms with Crippen LogP contribution in [0, 0.1) is 0 Å². The zero-order valence-electron chi connectivity index (χ0n) is 22.8. The minimum atomic E-state index is -0.959. The van der Waals surface area contributed by atoms with E-state index in [0.717, 1.165) is 49.7 Å². The predicted octanol–water partition coefficient (Wildman–Crippen LogP) is 4.13. The average Bonchev–Trinajstić information content (AvgIpc) is 3.50. The summed E-state index contributed by atoms with van der Waals surface area (Å²) in [6.07, 6.45) is 7.24. The van der Waals surface area contributed by atoms with E-state index < -0.39 is 24.0 Å². The fourth-order valence-corrected chi connectivity index (χ4v) is 5.53. The van der Waals surface area contributed by atoms with Crippen molar-refractivity contribution < 1.29 is 29.1 Å². The lowest BCUT2D eigenvalue weighted by atomic mass is 9.92. The Morgan fingerprint density at radius 1 is 0.875 bits per heavy atom. The van der Waals surface area contributed by atoms with Gasteiger partial charge in [-0.3, -0.25) is 19.6 Å². The van der Waals surface area contributed by atoms with E-state index in [9.17, 15) is 19.2 Å². The maximum absolute atomic E-state index is 13.8. The second-order valence-electron chi connectivity index (χ2n) is 10.7. The highest BCUT2D eigenvalue weighted by Gasteiger charge is 2.37. The van der Waals surface area contributed by atoms with E-state index in [0.29, 0.717) is 31.4 Å². The molecule has 0 saturated heterocycles. The molecule has 0 unspecified atom stereocenters. The van der Waals surface area contributed by atoms with Crippen LogP contribution >= 0.6 is 0 Å². The maximum Gasteiger partial charge on any atom is 0.333 e. The summed E-state index contributed by atoms with van der Waals surface area (Å²) in [5.41, 5.74) is 4.29. The standard InChI is InChI=1S/C31H39N3O6/c35-27(33-39)18-6-1-2-7-19-28(36)34-21-24-15-9-8-14-23(24)20-26(34)30(37)32-29(22-12-4-3-5-13-22)31(38)40-25-16-10-11-17-25/h3-5,8-9,12-15,25-26,29,39H,1-2,6-7,10-11,16-21H2,(H,32,37)(H,33,35)/t26-,29-/m0/s1. The normalized spacial score (nSPS) is 17.5. The van der Waals surface area contributed by atoms with Crippen LogP contribution in [0.3, 0.4) is 0 Å². The van der Waals surface area contributed by atoms with Gasteiger partial charge < -0.3 is 15.0 Å². The van der Waals surface area contributed by atoms with E-state index >= 15 is 0 Å². The summed E-state index contributed by atoms with van der Waals surface area (Å²) < 4.78 is 5.78. The third-order valence-electron chi connectivity index (χ3n) is 7.78. The largest absolute Gasteiger partial charge is 0.461 e. The number of carbonyl (C=O) groups excluding carboxylic acids is 4. The van der Waals surface area contributed by atoms with Gasteiger partial charge in [0.25, 0.3) is 0 Å². The lowest BCUT2D eigenvalue weighted by molar-refractivity contribution is -0.154. The smallest absolute Gasteiger partial charge is 0.333 e. The molecule has 9 heteroatoms. The summed E-state index contributed by atoms with van der Waals surface area (Å²) in [7, 11) is 0. The molecule has 2 atom stereocenters. The highest BCUT2D eigenvalue weighted by Crippen LogP contribution is 2.27. The van der Waals surface area contributed by atoms with Gasteiger partial charge in [-0.15, -0.1) is 0 Å². The average molecular weight is 550 g/mol. The molecule has 0 aromatic heterocycles. The Morgan fingerprint density at radius 3 is 2.23 bits per heavy atom. The highest BCUT2D eigenvalue weighted by molar-refractivity contribution is 5.92. The number of amides is 3. The van der Waals surface area contributed by atoms with E-state index in [2.05, 4.69) is 5.32 Å². The number of unbranched alkanes of at least 4 members (excludes halogenated alkanes) is 3. The first-order valence-corrected chi connectivity index (χ1v) is 14.3. The van der Waals surface area contributed by atoms with E-state index in [1.165, 1.54) is 0 Å². The van der Waals surface area contributed by atoms with Gasteiger partial charge in [0.2, 0.25) is 17.7 Å². The van der Waals surface area contributed by atoms with Crippen LogP contribution in [-0.2, 0) is 36.9 Å². The molecule has 1 aliphatic carbocycles. The molecular formula is C31H39N3O6. The van der Waals surface area contributed by atoms with E-state index in [4.69, 9.17) is 9.94 Å². The lowest BCUT2D eigenvalue weighted by Gasteiger charge is -2.37. The van der Waals surface area contributed by atoms with E-state index in [-0.39, 0.29) is 30.8 Å². The van der Waals surface area contributed by atoms with Crippen molar-refractivity contribution in [1.29, 1.82) is 0 Å². The number of nitrogens with one attached hydrogen (secondary N) is 2. The molecule has 40 heavy (non-hydrogen) atoms. The molecule has 0 radical (unpaired) electrons. The number of nitrogens with zero attached hydrogens (tertiary/aromatic N) is 1. The number of carbonyl (C=O) groups is 4. The quantitative estimate of drug-likeness (QED) is 0.158. The zero-order chi connectivity index (χ0) is 28.3. The van der Waals surface area contributed by atoms with Crippen LogP contribution in [0.2, 0.25) is 0 Å². The first-order valence-electron chi connectivity index (χ1n) is 14.3. The Bertz CT molecular complexity index is 1160. The summed E-state index contributed by atoms with van der Waals surface area (Å²) in [6.45, 7) is 0.326. The summed E-state index contributed by atoms with van der Waals surface area (Å²) in [6, 6.07) is 15.2. The van der Waals surface area contributed by atoms with Crippen molar-refractivity contribution in [3.63, 3.8) is 0 Å². The van der Waals surface area contributed by atoms with E-state index in [1.54, 1.807) is 22.5 Å². The van der Waals surface area contributed by atoms with Crippen molar-refractivity contribution in [3.05, 3.63) is 71.3 Å². The summed E-state index contributed by atoms with van der Waals surface area (Å²) in [4.78, 5) is 53.2. The minimum Gasteiger partial charge on any atom is -0.461 e. The number of rotatable bonds is 12. The Balaban J connectivity index is 1.44. The summed E-state index contributed by atoms with van der Waals surface area (Å²) in [5, 5.41) is 11.5. The highest BCUT2D eigenvalue weighted by atomic mass is 16.5. The number of ether oxygens (including phenoxy) is 1. The maximum atomic E-state index is 13.8. The number of hydroxylamine groups is 1. The van der Waals surface area contributed by atoms with Crippen molar-refractivity contribution in [3.8, 4) is 0 Å². The third-order valence-corrected chi connectivity index (χ3v) is 7.78. The van der Waals surface area contributed by atoms with E-state index in [1.807, 2.05) is 42.5 Å². The fourth-order valence-electron chi connectivity index (χ4n) is 5.53. The summed E-state index contributed by atoms with van der Waals surface area (Å²) >= 11 is 0. The van der Waals surface area contributed by atoms with Crippen LogP contribution in [0.4, 0.5) is 0 Å². The molecule has 1 fully saturated rings. The molecule has 9 nitrogen and oxygen atoms in total. The molecule has 0 bridgehead atoms. The van der Waals surface area contributed by atoms with Crippen molar-refractivity contribution in [1.82, 2.24) is 15.7 Å². The van der Waals surface area contributed by atoms with Crippen LogP contribution in [0.15, 0.2) is 54.6 Å². The SMILES string of the molecule is O=C(CCCCCCC(=O)N1Cc2ccccc2C[C@H]1C(=O)N[C@H](C(=O)OC1CCCC1)c1ccccc1)NO. The topological polar surface area (TPSA) is 125 Å². The third kappa shape index (κ3) is 7.91. The van der Waals surface area contributed by atoms with Gasteiger partial charge in [-0.2, -0.15) is 0 Å². The van der Waals surface area contributed by atoms with Gasteiger partial charge in [-0.05, 0) is 55.2 Å². The predicted molar refractivity (Wildman–Crippen MR) is 148 cm³/mol. The first-order chi connectivity index (χ1) is 19.5. The van der Waals surface area contributed by atoms with Crippen molar-refractivity contribution in [2.24, 2.45) is 0 Å². The second-order valence-corrected chi connectivity index (χ2v) is 10.7. The van der Waals surface area contributed by atoms with Crippen LogP contribution in [-0.4, -0.2) is 45.9 Å². The van der Waals surface area contributed by atoms with Gasteiger partial charge in [-0.1, -0.05) is 67.4 Å². The lowest BCUT2D eigenvalue weighted by Crippen LogP contribution is -2.54. The molecule has 3 amide bonds. The first kappa shape index (κ1) is 29.3. The minimum absolute atomic E-state index is 0.118. The number of hydrogen-bond acceptors (Lipinski definition) is 6. The molecule has 214 valence electrons. The van der Waals surface area contributed by atoms with Gasteiger partial charge in [0.15, 0.2) is 6.04 Å². The summed E-state index contributed by atoms with van der Waals surface area (Å²) in [5.74, 6) is -1.39. The number of esters is 1. The zero-order valence-corrected chi connectivity index (χ0v) is 22.8. The molecule has 4 rings (SSSR count). The molecular weight excluding hydrogens is 510 g/mol. The van der Waals surface area contributed by atoms with Gasteiger partial charge in [0.1, 0.15) is 12.1 Å². The molecule has 2 aromatic rings. The van der Waals surface area contributed by atoms with Crippen molar-refractivity contribution in [2.75, 3.05) is 0 Å². The Morgan fingerprint density at radius 2 is 1.52 bits per heavy atom. The van der Waals surface area contributed by atoms with Gasteiger partial charge >= 0.3 is 5.97 Å². The Labute approximate surface area is 235 Å². The van der Waals surface area contributed by atoms with Crippen LogP contribution in [0.5, 0.6) is 0 Å². The fraction of sp³-hybridized carbons (Fsp3) is 0.484. The molecule has 2 aliphatic rings. The monoisotopic (exact) mass is 549 g/mol. The van der Waals surface area contributed by atoms with Crippen LogP contribution in [0.25, 0.3) is 0 Å². The van der Waals surface area contributed by atoms with Gasteiger partial charge in [-0.25, -0.2) is 10.3 Å².